The molecule has 2 heterocycles. The molecular formula is C13H14FN3O2. The van der Waals surface area contributed by atoms with E-state index in [1.54, 1.807) is 6.07 Å². The highest BCUT2D eigenvalue weighted by Gasteiger charge is 2.30. The number of halogens is 1. The van der Waals surface area contributed by atoms with Crippen LogP contribution in [0.1, 0.15) is 19.4 Å². The molecule has 2 N–H and O–H groups in total. The van der Waals surface area contributed by atoms with E-state index in [0.717, 1.165) is 0 Å². The highest BCUT2D eigenvalue weighted by molar-refractivity contribution is 5.90. The molecule has 0 amide bonds. The summed E-state index contributed by atoms with van der Waals surface area (Å²) in [7, 11) is 0. The molecule has 0 fully saturated rings. The number of benzene rings is 1. The van der Waals surface area contributed by atoms with E-state index >= 15 is 0 Å². The van der Waals surface area contributed by atoms with Crippen molar-refractivity contribution < 1.29 is 9.50 Å². The third kappa shape index (κ3) is 1.71. The second kappa shape index (κ2) is 3.77. The van der Waals surface area contributed by atoms with E-state index < -0.39 is 18.1 Å². The quantitative estimate of drug-likeness (QED) is 0.812. The monoisotopic (exact) mass is 263 g/mol. The van der Waals surface area contributed by atoms with Crippen LogP contribution in [0.3, 0.4) is 0 Å². The van der Waals surface area contributed by atoms with E-state index in [-0.39, 0.29) is 16.6 Å². The number of fused-ring (bicyclic) bond motifs is 3. The lowest BCUT2D eigenvalue weighted by atomic mass is 10.1. The van der Waals surface area contributed by atoms with Gasteiger partial charge in [-0.05, 0) is 19.9 Å². The molecule has 0 spiro atoms. The van der Waals surface area contributed by atoms with Crippen molar-refractivity contribution in [1.29, 1.82) is 0 Å². The second-order valence-corrected chi connectivity index (χ2v) is 5.43. The minimum Gasteiger partial charge on any atom is -0.392 e. The topological polar surface area (TPSA) is 67.1 Å². The van der Waals surface area contributed by atoms with Crippen molar-refractivity contribution in [3.05, 3.63) is 34.0 Å². The van der Waals surface area contributed by atoms with Crippen LogP contribution in [0.25, 0.3) is 10.9 Å². The molecule has 1 aliphatic heterocycles. The van der Waals surface area contributed by atoms with Crippen LogP contribution in [0.15, 0.2) is 16.9 Å². The van der Waals surface area contributed by atoms with Gasteiger partial charge in [0.15, 0.2) is 5.82 Å². The lowest BCUT2D eigenvalue weighted by Crippen LogP contribution is -2.30. The molecule has 1 aromatic carbocycles. The summed E-state index contributed by atoms with van der Waals surface area (Å²) in [4.78, 5) is 15.7. The Morgan fingerprint density at radius 2 is 2.26 bits per heavy atom. The molecule has 0 radical (unpaired) electrons. The third-order valence-electron chi connectivity index (χ3n) is 3.34. The molecule has 5 nitrogen and oxygen atoms in total. The molecule has 0 saturated carbocycles. The van der Waals surface area contributed by atoms with E-state index in [1.807, 2.05) is 13.8 Å². The van der Waals surface area contributed by atoms with Crippen molar-refractivity contribution in [2.45, 2.75) is 32.5 Å². The Morgan fingerprint density at radius 1 is 1.53 bits per heavy atom. The molecule has 100 valence electrons. The molecule has 0 bridgehead atoms. The molecule has 1 aliphatic rings. The molecule has 0 unspecified atom stereocenters. The lowest BCUT2D eigenvalue weighted by molar-refractivity contribution is 0.276. The summed E-state index contributed by atoms with van der Waals surface area (Å²) in [6.45, 7) is 4.00. The zero-order valence-corrected chi connectivity index (χ0v) is 10.7. The van der Waals surface area contributed by atoms with Crippen molar-refractivity contribution in [2.24, 2.45) is 0 Å². The second-order valence-electron chi connectivity index (χ2n) is 5.43. The number of nitrogens with zero attached hydrogens (tertiary/aromatic N) is 2. The Labute approximate surface area is 108 Å². The summed E-state index contributed by atoms with van der Waals surface area (Å²) in [5.41, 5.74) is -0.599. The fourth-order valence-corrected chi connectivity index (χ4v) is 2.46. The molecule has 0 saturated heterocycles. The molecule has 6 heteroatoms. The third-order valence-corrected chi connectivity index (χ3v) is 3.34. The number of nitrogens with one attached hydrogen (secondary N) is 1. The maximum atomic E-state index is 14.1. The van der Waals surface area contributed by atoms with Gasteiger partial charge in [0.05, 0.1) is 18.7 Å². The summed E-state index contributed by atoms with van der Waals surface area (Å²) in [6.07, 6.45) is 0. The van der Waals surface area contributed by atoms with Crippen LogP contribution >= 0.6 is 0 Å². The van der Waals surface area contributed by atoms with E-state index in [4.69, 9.17) is 5.11 Å². The molecule has 0 aliphatic carbocycles. The van der Waals surface area contributed by atoms with Crippen molar-refractivity contribution in [1.82, 2.24) is 9.55 Å². The summed E-state index contributed by atoms with van der Waals surface area (Å²) >= 11 is 0. The highest BCUT2D eigenvalue weighted by Crippen LogP contribution is 2.31. The number of anilines is 1. The number of aliphatic hydroxyl groups is 1. The lowest BCUT2D eigenvalue weighted by Gasteiger charge is -2.16. The minimum absolute atomic E-state index is 0.00741. The smallest absolute Gasteiger partial charge is 0.349 e. The number of rotatable bonds is 1. The first-order valence-electron chi connectivity index (χ1n) is 6.04. The fourth-order valence-electron chi connectivity index (χ4n) is 2.46. The largest absolute Gasteiger partial charge is 0.392 e. The first-order chi connectivity index (χ1) is 8.93. The van der Waals surface area contributed by atoms with Gasteiger partial charge in [-0.1, -0.05) is 6.07 Å². The van der Waals surface area contributed by atoms with E-state index in [1.165, 1.54) is 10.6 Å². The zero-order chi connectivity index (χ0) is 13.8. The maximum Gasteiger partial charge on any atom is 0.349 e. The van der Waals surface area contributed by atoms with Crippen molar-refractivity contribution >= 4 is 16.7 Å². The van der Waals surface area contributed by atoms with Crippen LogP contribution in [0.4, 0.5) is 10.2 Å². The van der Waals surface area contributed by atoms with Crippen LogP contribution in [-0.2, 0) is 13.2 Å². The van der Waals surface area contributed by atoms with E-state index in [2.05, 4.69) is 10.3 Å². The van der Waals surface area contributed by atoms with Crippen molar-refractivity contribution in [2.75, 3.05) is 5.32 Å². The Hall–Kier alpha value is -1.95. The number of aromatic nitrogens is 2. The maximum absolute atomic E-state index is 14.1. The van der Waals surface area contributed by atoms with E-state index in [9.17, 15) is 9.18 Å². The Morgan fingerprint density at radius 3 is 2.95 bits per heavy atom. The summed E-state index contributed by atoms with van der Waals surface area (Å²) < 4.78 is 15.6. The van der Waals surface area contributed by atoms with Crippen molar-refractivity contribution in [3.8, 4) is 0 Å². The Balaban J connectivity index is 2.38. The number of hydrogen-bond acceptors (Lipinski definition) is 4. The fraction of sp³-hybridized carbons (Fsp3) is 0.385. The van der Waals surface area contributed by atoms with Gasteiger partial charge >= 0.3 is 5.69 Å². The average molecular weight is 263 g/mol. The number of aliphatic hydroxyl groups excluding tert-OH is 1. The van der Waals surface area contributed by atoms with Crippen LogP contribution in [0.2, 0.25) is 0 Å². The number of hydrogen-bond donors (Lipinski definition) is 2. The molecule has 1 aromatic heterocycles. The van der Waals surface area contributed by atoms with Gasteiger partial charge in [-0.3, -0.25) is 4.57 Å². The Kier molecular flexibility index (Phi) is 2.40. The van der Waals surface area contributed by atoms with Gasteiger partial charge < -0.3 is 10.4 Å². The van der Waals surface area contributed by atoms with Crippen LogP contribution in [0.5, 0.6) is 0 Å². The zero-order valence-electron chi connectivity index (χ0n) is 10.7. The highest BCUT2D eigenvalue weighted by atomic mass is 19.1. The SMILES string of the molecule is CC1(C)Cn2c(c3ccc(CO)c(F)c3nc2=O)N1. The van der Waals surface area contributed by atoms with Gasteiger partial charge in [-0.25, -0.2) is 9.18 Å². The first kappa shape index (κ1) is 12.1. The summed E-state index contributed by atoms with van der Waals surface area (Å²) in [5.74, 6) is -0.0459. The van der Waals surface area contributed by atoms with Gasteiger partial charge in [-0.15, -0.1) is 0 Å². The van der Waals surface area contributed by atoms with Crippen LogP contribution in [-0.4, -0.2) is 20.2 Å². The van der Waals surface area contributed by atoms with Crippen LogP contribution < -0.4 is 11.0 Å². The summed E-state index contributed by atoms with van der Waals surface area (Å²) in [5, 5.41) is 12.8. The molecular weight excluding hydrogens is 249 g/mol. The average Bonchev–Trinajstić information content (AvgIpc) is 2.67. The predicted octanol–water partition coefficient (Wildman–Crippen LogP) is 1.23. The van der Waals surface area contributed by atoms with Gasteiger partial charge in [0.2, 0.25) is 0 Å². The minimum atomic E-state index is -0.632. The normalized spacial score (nSPS) is 16.4. The predicted molar refractivity (Wildman–Crippen MR) is 69.6 cm³/mol. The molecule has 19 heavy (non-hydrogen) atoms. The van der Waals surface area contributed by atoms with Gasteiger partial charge in [0.25, 0.3) is 0 Å². The van der Waals surface area contributed by atoms with Crippen molar-refractivity contribution in [3.63, 3.8) is 0 Å². The molecule has 3 rings (SSSR count). The molecule has 0 atom stereocenters. The summed E-state index contributed by atoms with van der Waals surface area (Å²) in [6, 6.07) is 3.19. The molecule has 2 aromatic rings. The van der Waals surface area contributed by atoms with Gasteiger partial charge in [-0.2, -0.15) is 4.98 Å². The van der Waals surface area contributed by atoms with Gasteiger partial charge in [0, 0.05) is 10.9 Å². The van der Waals surface area contributed by atoms with E-state index in [0.29, 0.717) is 17.7 Å². The van der Waals surface area contributed by atoms with Gasteiger partial charge in [0.1, 0.15) is 11.3 Å². The van der Waals surface area contributed by atoms with Crippen LogP contribution in [0, 0.1) is 5.82 Å². The Bertz CT molecular complexity index is 737. The standard InChI is InChI=1S/C13H14FN3O2/c1-13(2)6-17-11(16-13)8-4-3-7(5-18)9(14)10(8)15-12(17)19/h3-4,16,18H,5-6H2,1-2H3. The first-order valence-corrected chi connectivity index (χ1v) is 6.04.